The van der Waals surface area contributed by atoms with Crippen molar-refractivity contribution in [2.75, 3.05) is 26.6 Å². The maximum atomic E-state index is 12.5. The lowest BCUT2D eigenvalue weighted by Gasteiger charge is -2.15. The summed E-state index contributed by atoms with van der Waals surface area (Å²) < 4.78 is 16.1. The van der Waals surface area contributed by atoms with Crippen molar-refractivity contribution in [3.8, 4) is 17.2 Å². The molecule has 0 fully saturated rings. The number of aromatic nitrogens is 2. The van der Waals surface area contributed by atoms with Crippen molar-refractivity contribution in [2.45, 2.75) is 6.54 Å². The Bertz CT molecular complexity index is 954. The lowest BCUT2D eigenvalue weighted by atomic mass is 10.2. The monoisotopic (exact) mass is 394 g/mol. The average molecular weight is 394 g/mol. The Balaban J connectivity index is 1.75. The van der Waals surface area contributed by atoms with E-state index in [1.54, 1.807) is 58.1 Å². The van der Waals surface area contributed by atoms with Crippen LogP contribution in [0.5, 0.6) is 17.2 Å². The van der Waals surface area contributed by atoms with E-state index >= 15 is 0 Å². The standard InChI is InChI=1S/C21H22N4O4/c1-27-18-8-16(9-19(28-2)20(18)29-3)25-17-7-15(12-23-13-17)21(26)24-11-14-5-4-6-22-10-14/h4-10,12-13,25H,11H2,1-3H3,(H,24,26). The van der Waals surface area contributed by atoms with Crippen molar-refractivity contribution >= 4 is 17.3 Å². The summed E-state index contributed by atoms with van der Waals surface area (Å²) in [6.45, 7) is 0.386. The molecule has 0 atom stereocenters. The number of hydrogen-bond donors (Lipinski definition) is 2. The smallest absolute Gasteiger partial charge is 0.253 e. The number of carbonyl (C=O) groups excluding carboxylic acids is 1. The number of ether oxygens (including phenoxy) is 3. The Morgan fingerprint density at radius 3 is 2.31 bits per heavy atom. The first kappa shape index (κ1) is 19.9. The van der Waals surface area contributed by atoms with Crippen LogP contribution in [0.2, 0.25) is 0 Å². The van der Waals surface area contributed by atoms with E-state index in [4.69, 9.17) is 14.2 Å². The number of nitrogens with one attached hydrogen (secondary N) is 2. The van der Waals surface area contributed by atoms with Crippen LogP contribution in [0.3, 0.4) is 0 Å². The molecular formula is C21H22N4O4. The highest BCUT2D eigenvalue weighted by molar-refractivity contribution is 5.94. The van der Waals surface area contributed by atoms with E-state index in [9.17, 15) is 4.79 Å². The van der Waals surface area contributed by atoms with Crippen molar-refractivity contribution in [1.82, 2.24) is 15.3 Å². The zero-order valence-corrected chi connectivity index (χ0v) is 16.4. The van der Waals surface area contributed by atoms with Crippen LogP contribution in [-0.2, 0) is 6.54 Å². The molecular weight excluding hydrogens is 372 g/mol. The van der Waals surface area contributed by atoms with Crippen molar-refractivity contribution in [1.29, 1.82) is 0 Å². The van der Waals surface area contributed by atoms with Crippen LogP contribution in [0.1, 0.15) is 15.9 Å². The summed E-state index contributed by atoms with van der Waals surface area (Å²) in [5.74, 6) is 1.32. The molecule has 3 aromatic rings. The van der Waals surface area contributed by atoms with Crippen LogP contribution in [0.4, 0.5) is 11.4 Å². The van der Waals surface area contributed by atoms with Crippen molar-refractivity contribution < 1.29 is 19.0 Å². The Morgan fingerprint density at radius 2 is 1.69 bits per heavy atom. The molecule has 150 valence electrons. The van der Waals surface area contributed by atoms with Crippen LogP contribution in [-0.4, -0.2) is 37.2 Å². The van der Waals surface area contributed by atoms with Gasteiger partial charge in [-0.15, -0.1) is 0 Å². The van der Waals surface area contributed by atoms with Crippen LogP contribution >= 0.6 is 0 Å². The molecule has 0 aliphatic rings. The van der Waals surface area contributed by atoms with Gasteiger partial charge in [-0.25, -0.2) is 0 Å². The summed E-state index contributed by atoms with van der Waals surface area (Å²) >= 11 is 0. The average Bonchev–Trinajstić information content (AvgIpc) is 2.77. The summed E-state index contributed by atoms with van der Waals surface area (Å²) in [4.78, 5) is 20.6. The predicted molar refractivity (Wildman–Crippen MR) is 109 cm³/mol. The first-order valence-electron chi connectivity index (χ1n) is 8.83. The normalized spacial score (nSPS) is 10.2. The number of nitrogens with zero attached hydrogens (tertiary/aromatic N) is 2. The molecule has 0 saturated heterocycles. The third-order valence-electron chi connectivity index (χ3n) is 4.13. The van der Waals surface area contributed by atoms with Gasteiger partial charge in [-0.05, 0) is 17.7 Å². The second-order valence-corrected chi connectivity index (χ2v) is 6.05. The van der Waals surface area contributed by atoms with Gasteiger partial charge in [0, 0.05) is 43.0 Å². The molecule has 0 aliphatic heterocycles. The zero-order chi connectivity index (χ0) is 20.6. The van der Waals surface area contributed by atoms with Gasteiger partial charge in [-0.2, -0.15) is 0 Å². The summed E-state index contributed by atoms with van der Waals surface area (Å²) in [6.07, 6.45) is 6.54. The minimum atomic E-state index is -0.227. The van der Waals surface area contributed by atoms with Crippen molar-refractivity contribution in [3.63, 3.8) is 0 Å². The molecule has 0 aliphatic carbocycles. The number of methoxy groups -OCH3 is 3. The molecule has 2 N–H and O–H groups in total. The van der Waals surface area contributed by atoms with Gasteiger partial charge in [0.05, 0.1) is 38.8 Å². The fraction of sp³-hybridized carbons (Fsp3) is 0.190. The number of amides is 1. The van der Waals surface area contributed by atoms with E-state index in [1.165, 1.54) is 6.20 Å². The van der Waals surface area contributed by atoms with Gasteiger partial charge in [0.25, 0.3) is 5.91 Å². The Morgan fingerprint density at radius 1 is 0.931 bits per heavy atom. The number of pyridine rings is 2. The maximum Gasteiger partial charge on any atom is 0.253 e. The Hall–Kier alpha value is -3.81. The van der Waals surface area contributed by atoms with Gasteiger partial charge >= 0.3 is 0 Å². The number of carbonyl (C=O) groups is 1. The molecule has 0 unspecified atom stereocenters. The molecule has 1 aromatic carbocycles. The van der Waals surface area contributed by atoms with E-state index in [1.807, 2.05) is 12.1 Å². The van der Waals surface area contributed by atoms with E-state index in [-0.39, 0.29) is 5.91 Å². The van der Waals surface area contributed by atoms with Gasteiger partial charge in [0.2, 0.25) is 5.75 Å². The van der Waals surface area contributed by atoms with Gasteiger partial charge in [-0.3, -0.25) is 14.8 Å². The highest BCUT2D eigenvalue weighted by Crippen LogP contribution is 2.40. The number of hydrogen-bond acceptors (Lipinski definition) is 7. The first-order valence-corrected chi connectivity index (χ1v) is 8.83. The van der Waals surface area contributed by atoms with Crippen molar-refractivity contribution in [2.24, 2.45) is 0 Å². The van der Waals surface area contributed by atoms with Crippen LogP contribution in [0.25, 0.3) is 0 Å². The topological polar surface area (TPSA) is 94.6 Å². The van der Waals surface area contributed by atoms with Crippen LogP contribution in [0, 0.1) is 0 Å². The Labute approximate surface area is 168 Å². The molecule has 8 heteroatoms. The van der Waals surface area contributed by atoms with Gasteiger partial charge in [-0.1, -0.05) is 6.07 Å². The number of anilines is 2. The largest absolute Gasteiger partial charge is 0.493 e. The van der Waals surface area contributed by atoms with E-state index in [0.717, 1.165) is 5.56 Å². The minimum absolute atomic E-state index is 0.227. The molecule has 2 heterocycles. The van der Waals surface area contributed by atoms with Gasteiger partial charge < -0.3 is 24.8 Å². The third-order valence-corrected chi connectivity index (χ3v) is 4.13. The van der Waals surface area contributed by atoms with E-state index in [0.29, 0.717) is 40.7 Å². The van der Waals surface area contributed by atoms with E-state index < -0.39 is 0 Å². The molecule has 3 rings (SSSR count). The molecule has 29 heavy (non-hydrogen) atoms. The van der Waals surface area contributed by atoms with Crippen molar-refractivity contribution in [3.05, 3.63) is 66.2 Å². The van der Waals surface area contributed by atoms with E-state index in [2.05, 4.69) is 20.6 Å². The highest BCUT2D eigenvalue weighted by atomic mass is 16.5. The molecule has 2 aromatic heterocycles. The Kier molecular flexibility index (Phi) is 6.47. The molecule has 0 radical (unpaired) electrons. The molecule has 0 saturated carbocycles. The SMILES string of the molecule is COc1cc(Nc2cncc(C(=O)NCc3cccnc3)c2)cc(OC)c1OC. The number of benzene rings is 1. The molecule has 8 nitrogen and oxygen atoms in total. The molecule has 1 amide bonds. The first-order chi connectivity index (χ1) is 14.1. The summed E-state index contributed by atoms with van der Waals surface area (Å²) in [5, 5.41) is 6.06. The second kappa shape index (κ2) is 9.41. The van der Waals surface area contributed by atoms with Gasteiger partial charge in [0.1, 0.15) is 0 Å². The zero-order valence-electron chi connectivity index (χ0n) is 16.4. The third kappa shape index (κ3) is 4.92. The lowest BCUT2D eigenvalue weighted by molar-refractivity contribution is 0.0950. The quantitative estimate of drug-likeness (QED) is 0.606. The summed E-state index contributed by atoms with van der Waals surface area (Å²) in [5.41, 5.74) is 2.70. The number of rotatable bonds is 8. The lowest BCUT2D eigenvalue weighted by Crippen LogP contribution is -2.23. The highest BCUT2D eigenvalue weighted by Gasteiger charge is 2.14. The van der Waals surface area contributed by atoms with Crippen LogP contribution < -0.4 is 24.8 Å². The predicted octanol–water partition coefficient (Wildman–Crippen LogP) is 3.18. The maximum absolute atomic E-state index is 12.5. The summed E-state index contributed by atoms with van der Waals surface area (Å²) in [7, 11) is 4.65. The second-order valence-electron chi connectivity index (χ2n) is 6.05. The molecule has 0 bridgehead atoms. The van der Waals surface area contributed by atoms with Crippen LogP contribution in [0.15, 0.2) is 55.1 Å². The summed E-state index contributed by atoms with van der Waals surface area (Å²) in [6, 6.07) is 8.99. The fourth-order valence-corrected chi connectivity index (χ4v) is 2.74. The minimum Gasteiger partial charge on any atom is -0.493 e. The van der Waals surface area contributed by atoms with Gasteiger partial charge in [0.15, 0.2) is 11.5 Å². The fourth-order valence-electron chi connectivity index (χ4n) is 2.74. The molecule has 0 spiro atoms.